The summed E-state index contributed by atoms with van der Waals surface area (Å²) in [6, 6.07) is 0. The molecule has 4 atom stereocenters. The molecule has 0 bridgehead atoms. The lowest BCUT2D eigenvalue weighted by Crippen LogP contribution is -2.59. The van der Waals surface area contributed by atoms with Crippen molar-refractivity contribution in [3.05, 3.63) is 0 Å². The normalized spacial score (nSPS) is 40.6. The van der Waals surface area contributed by atoms with Crippen molar-refractivity contribution in [1.82, 2.24) is 0 Å². The standard InChI is InChI=1S/C19H32O3/c1-13(20)12-16-18(5)10-7-9-17(3,4)15(18)8-11-19(16,6)22-14(2)21/h15-16H,7-12H2,1-6H3/t15-,16+,18-,19-/m1/s1. The highest BCUT2D eigenvalue weighted by molar-refractivity contribution is 5.76. The molecule has 2 rings (SSSR count). The van der Waals surface area contributed by atoms with Crippen molar-refractivity contribution in [3.8, 4) is 0 Å². The van der Waals surface area contributed by atoms with Crippen LogP contribution in [0.3, 0.4) is 0 Å². The first-order valence-electron chi connectivity index (χ1n) is 8.70. The first kappa shape index (κ1) is 17.5. The maximum atomic E-state index is 11.9. The van der Waals surface area contributed by atoms with E-state index in [1.165, 1.54) is 19.8 Å². The fraction of sp³-hybridized carbons (Fsp3) is 0.895. The van der Waals surface area contributed by atoms with E-state index in [1.54, 1.807) is 6.92 Å². The Hall–Kier alpha value is -0.860. The summed E-state index contributed by atoms with van der Waals surface area (Å²) in [5, 5.41) is 0. The first-order valence-corrected chi connectivity index (χ1v) is 8.70. The van der Waals surface area contributed by atoms with E-state index >= 15 is 0 Å². The van der Waals surface area contributed by atoms with Crippen LogP contribution in [0, 0.1) is 22.7 Å². The van der Waals surface area contributed by atoms with Gasteiger partial charge >= 0.3 is 5.97 Å². The number of rotatable bonds is 3. The molecular weight excluding hydrogens is 276 g/mol. The van der Waals surface area contributed by atoms with E-state index in [9.17, 15) is 9.59 Å². The number of Topliss-reactive ketones (excluding diaryl/α,β-unsaturated/α-hetero) is 1. The van der Waals surface area contributed by atoms with E-state index in [4.69, 9.17) is 4.74 Å². The van der Waals surface area contributed by atoms with Gasteiger partial charge < -0.3 is 9.53 Å². The zero-order valence-electron chi connectivity index (χ0n) is 15.1. The van der Waals surface area contributed by atoms with Crippen LogP contribution in [0.15, 0.2) is 0 Å². The lowest BCUT2D eigenvalue weighted by Gasteiger charge is -2.61. The minimum atomic E-state index is -0.504. The zero-order chi connectivity index (χ0) is 16.8. The van der Waals surface area contributed by atoms with Crippen LogP contribution in [-0.2, 0) is 14.3 Å². The molecule has 22 heavy (non-hydrogen) atoms. The van der Waals surface area contributed by atoms with E-state index < -0.39 is 5.60 Å². The highest BCUT2D eigenvalue weighted by Gasteiger charge is 2.59. The average molecular weight is 308 g/mol. The summed E-state index contributed by atoms with van der Waals surface area (Å²) < 4.78 is 5.78. The number of esters is 1. The van der Waals surface area contributed by atoms with Gasteiger partial charge in [-0.25, -0.2) is 0 Å². The van der Waals surface area contributed by atoms with Crippen LogP contribution in [0.2, 0.25) is 0 Å². The molecule has 2 aliphatic rings. The van der Waals surface area contributed by atoms with Gasteiger partial charge in [0.05, 0.1) is 0 Å². The molecule has 0 amide bonds. The van der Waals surface area contributed by atoms with Gasteiger partial charge in [0.15, 0.2) is 0 Å². The molecular formula is C19H32O3. The molecule has 0 unspecified atom stereocenters. The Balaban J connectivity index is 2.43. The lowest BCUT2D eigenvalue weighted by molar-refractivity contribution is -0.199. The summed E-state index contributed by atoms with van der Waals surface area (Å²) in [4.78, 5) is 23.6. The molecule has 2 saturated carbocycles. The number of hydrogen-bond acceptors (Lipinski definition) is 3. The Kier molecular flexibility index (Phi) is 4.49. The molecule has 3 heteroatoms. The Morgan fingerprint density at radius 1 is 1.05 bits per heavy atom. The SMILES string of the molecule is CC(=O)C[C@H]1[C@]2(C)CCCC(C)(C)[C@H]2CC[C@@]1(C)OC(C)=O. The Labute approximate surface area is 135 Å². The van der Waals surface area contributed by atoms with E-state index in [-0.39, 0.29) is 23.1 Å². The summed E-state index contributed by atoms with van der Waals surface area (Å²) in [6.45, 7) is 12.3. The van der Waals surface area contributed by atoms with E-state index in [2.05, 4.69) is 20.8 Å². The van der Waals surface area contributed by atoms with Crippen LogP contribution in [0.4, 0.5) is 0 Å². The van der Waals surface area contributed by atoms with Crippen LogP contribution >= 0.6 is 0 Å². The summed E-state index contributed by atoms with van der Waals surface area (Å²) in [5.41, 5.74) is -0.119. The Bertz CT molecular complexity index is 467. The van der Waals surface area contributed by atoms with Gasteiger partial charge in [0.25, 0.3) is 0 Å². The third-order valence-corrected chi connectivity index (χ3v) is 6.61. The van der Waals surface area contributed by atoms with Crippen LogP contribution in [0.5, 0.6) is 0 Å². The smallest absolute Gasteiger partial charge is 0.303 e. The van der Waals surface area contributed by atoms with Gasteiger partial charge in [0.2, 0.25) is 0 Å². The molecule has 0 aromatic heterocycles. The highest BCUT2D eigenvalue weighted by Crippen LogP contribution is 2.63. The summed E-state index contributed by atoms with van der Waals surface area (Å²) in [6.07, 6.45) is 6.06. The average Bonchev–Trinajstić information content (AvgIpc) is 2.31. The highest BCUT2D eigenvalue weighted by atomic mass is 16.6. The second-order valence-corrected chi connectivity index (χ2v) is 8.80. The molecule has 0 radical (unpaired) electrons. The molecule has 0 saturated heterocycles. The van der Waals surface area contributed by atoms with Crippen molar-refractivity contribution in [1.29, 1.82) is 0 Å². The molecule has 0 spiro atoms. The van der Waals surface area contributed by atoms with Crippen LogP contribution in [0.1, 0.15) is 80.1 Å². The van der Waals surface area contributed by atoms with E-state index in [0.717, 1.165) is 19.3 Å². The third kappa shape index (κ3) is 2.96. The summed E-state index contributed by atoms with van der Waals surface area (Å²) in [5.74, 6) is 0.697. The molecule has 0 aromatic carbocycles. The van der Waals surface area contributed by atoms with Crippen molar-refractivity contribution >= 4 is 11.8 Å². The van der Waals surface area contributed by atoms with Crippen molar-refractivity contribution in [2.45, 2.75) is 85.7 Å². The minimum absolute atomic E-state index is 0.0792. The maximum absolute atomic E-state index is 11.9. The number of hydrogen-bond donors (Lipinski definition) is 0. The molecule has 3 nitrogen and oxygen atoms in total. The maximum Gasteiger partial charge on any atom is 0.303 e. The van der Waals surface area contributed by atoms with Crippen molar-refractivity contribution < 1.29 is 14.3 Å². The lowest BCUT2D eigenvalue weighted by atomic mass is 9.45. The van der Waals surface area contributed by atoms with Gasteiger partial charge in [-0.15, -0.1) is 0 Å². The van der Waals surface area contributed by atoms with Crippen molar-refractivity contribution in [2.24, 2.45) is 22.7 Å². The van der Waals surface area contributed by atoms with Crippen molar-refractivity contribution in [2.75, 3.05) is 0 Å². The molecule has 0 aromatic rings. The predicted octanol–water partition coefficient (Wildman–Crippen LogP) is 4.53. The largest absolute Gasteiger partial charge is 0.459 e. The molecule has 0 heterocycles. The fourth-order valence-corrected chi connectivity index (χ4v) is 5.79. The predicted molar refractivity (Wildman–Crippen MR) is 87.4 cm³/mol. The van der Waals surface area contributed by atoms with E-state index in [1.807, 2.05) is 6.92 Å². The van der Waals surface area contributed by atoms with Crippen LogP contribution in [-0.4, -0.2) is 17.4 Å². The topological polar surface area (TPSA) is 43.4 Å². The quantitative estimate of drug-likeness (QED) is 0.719. The monoisotopic (exact) mass is 308 g/mol. The second kappa shape index (κ2) is 5.65. The molecule has 0 aliphatic heterocycles. The first-order chi connectivity index (χ1) is 10.0. The van der Waals surface area contributed by atoms with Gasteiger partial charge in [-0.05, 0) is 56.3 Å². The number of ketones is 1. The van der Waals surface area contributed by atoms with Gasteiger partial charge in [-0.1, -0.05) is 27.2 Å². The van der Waals surface area contributed by atoms with Gasteiger partial charge in [0, 0.05) is 19.3 Å². The molecule has 0 N–H and O–H groups in total. The number of carbonyl (C=O) groups is 2. The number of ether oxygens (including phenoxy) is 1. The number of fused-ring (bicyclic) bond motifs is 1. The Morgan fingerprint density at radius 3 is 2.23 bits per heavy atom. The van der Waals surface area contributed by atoms with Crippen LogP contribution < -0.4 is 0 Å². The van der Waals surface area contributed by atoms with Gasteiger partial charge in [-0.2, -0.15) is 0 Å². The summed E-state index contributed by atoms with van der Waals surface area (Å²) in [7, 11) is 0. The fourth-order valence-electron chi connectivity index (χ4n) is 5.79. The van der Waals surface area contributed by atoms with E-state index in [0.29, 0.717) is 17.8 Å². The zero-order valence-corrected chi connectivity index (χ0v) is 15.1. The number of carbonyl (C=O) groups excluding carboxylic acids is 2. The van der Waals surface area contributed by atoms with Gasteiger partial charge in [0.1, 0.15) is 11.4 Å². The van der Waals surface area contributed by atoms with Crippen molar-refractivity contribution in [3.63, 3.8) is 0 Å². The minimum Gasteiger partial charge on any atom is -0.459 e. The third-order valence-electron chi connectivity index (χ3n) is 6.61. The second-order valence-electron chi connectivity index (χ2n) is 8.80. The summed E-state index contributed by atoms with van der Waals surface area (Å²) >= 11 is 0. The molecule has 2 fully saturated rings. The molecule has 2 aliphatic carbocycles. The van der Waals surface area contributed by atoms with Crippen LogP contribution in [0.25, 0.3) is 0 Å². The van der Waals surface area contributed by atoms with Gasteiger partial charge in [-0.3, -0.25) is 4.79 Å². The Morgan fingerprint density at radius 2 is 1.68 bits per heavy atom. The molecule has 126 valence electrons.